The summed E-state index contributed by atoms with van der Waals surface area (Å²) in [5.41, 5.74) is 6.42. The minimum absolute atomic E-state index is 0.185. The molecule has 23 heavy (non-hydrogen) atoms. The van der Waals surface area contributed by atoms with Crippen LogP contribution in [0.4, 0.5) is 15.8 Å². The van der Waals surface area contributed by atoms with Crippen molar-refractivity contribution in [3.8, 4) is 5.75 Å². The monoisotopic (exact) mass is 350 g/mol. The van der Waals surface area contributed by atoms with E-state index in [1.807, 2.05) is 18.2 Å². The first-order valence-corrected chi connectivity index (χ1v) is 7.42. The lowest BCUT2D eigenvalue weighted by Gasteiger charge is -2.14. The Kier molecular flexibility index (Phi) is 6.07. The molecule has 0 saturated carbocycles. The predicted molar refractivity (Wildman–Crippen MR) is 98.1 cm³/mol. The largest absolute Gasteiger partial charge is 0.497 e. The normalized spacial score (nSPS) is 9.65. The highest BCUT2D eigenvalue weighted by Crippen LogP contribution is 2.16. The first-order chi connectivity index (χ1) is 11.1. The minimum atomic E-state index is -0.395. The Balaban J connectivity index is 1.82. The molecule has 2 aromatic carbocycles. The average Bonchev–Trinajstić information content (AvgIpc) is 2.55. The molecule has 120 valence electrons. The number of nitrogens with one attached hydrogen (secondary N) is 4. The smallest absolute Gasteiger partial charge is 0.189 e. The Hall–Kier alpha value is -2.45. The molecule has 0 spiro atoms. The van der Waals surface area contributed by atoms with Crippen molar-refractivity contribution in [1.82, 2.24) is 10.9 Å². The Labute approximate surface area is 144 Å². The third-order valence-corrected chi connectivity index (χ3v) is 3.15. The maximum absolute atomic E-state index is 13.5. The fourth-order valence-electron chi connectivity index (χ4n) is 1.69. The third-order valence-electron chi connectivity index (χ3n) is 2.74. The van der Waals surface area contributed by atoms with Gasteiger partial charge in [-0.25, -0.2) is 4.39 Å². The van der Waals surface area contributed by atoms with Gasteiger partial charge >= 0.3 is 0 Å². The molecule has 0 aliphatic heterocycles. The SMILES string of the molecule is COc1cccc(NC(=S)NNC(=S)Nc2ccccc2F)c1. The van der Waals surface area contributed by atoms with Crippen molar-refractivity contribution in [2.24, 2.45) is 0 Å². The van der Waals surface area contributed by atoms with Crippen LogP contribution in [0.1, 0.15) is 0 Å². The summed E-state index contributed by atoms with van der Waals surface area (Å²) in [4.78, 5) is 0. The molecule has 2 rings (SSSR count). The first-order valence-electron chi connectivity index (χ1n) is 6.61. The van der Waals surface area contributed by atoms with E-state index in [1.54, 1.807) is 31.4 Å². The fourth-order valence-corrected chi connectivity index (χ4v) is 2.02. The van der Waals surface area contributed by atoms with Crippen molar-refractivity contribution in [3.63, 3.8) is 0 Å². The number of hydrazine groups is 1. The lowest BCUT2D eigenvalue weighted by molar-refractivity contribution is 0.415. The average molecular weight is 350 g/mol. The van der Waals surface area contributed by atoms with Crippen LogP contribution in [0, 0.1) is 5.82 Å². The van der Waals surface area contributed by atoms with Gasteiger partial charge in [-0.2, -0.15) is 0 Å². The summed E-state index contributed by atoms with van der Waals surface area (Å²) in [6.45, 7) is 0. The van der Waals surface area contributed by atoms with Crippen LogP contribution in [-0.4, -0.2) is 17.3 Å². The summed E-state index contributed by atoms with van der Waals surface area (Å²) in [5.74, 6) is 0.316. The van der Waals surface area contributed by atoms with Crippen LogP contribution in [0.2, 0.25) is 0 Å². The van der Waals surface area contributed by atoms with E-state index < -0.39 is 5.82 Å². The highest BCUT2D eigenvalue weighted by Gasteiger charge is 2.03. The number of anilines is 2. The van der Waals surface area contributed by atoms with E-state index in [0.717, 1.165) is 5.69 Å². The van der Waals surface area contributed by atoms with Crippen LogP contribution < -0.4 is 26.2 Å². The van der Waals surface area contributed by atoms with Crippen LogP contribution in [0.15, 0.2) is 48.5 Å². The quantitative estimate of drug-likeness (QED) is 0.501. The zero-order chi connectivity index (χ0) is 16.7. The standard InChI is InChI=1S/C15H15FN4OS2/c1-21-11-6-4-5-10(9-11)17-14(22)19-20-15(23)18-13-8-3-2-7-12(13)16/h2-9H,1H3,(H2,17,19,22)(H2,18,20,23). The number of hydrogen-bond donors (Lipinski definition) is 4. The molecule has 0 aromatic heterocycles. The Morgan fingerprint density at radius 3 is 2.35 bits per heavy atom. The number of thiocarbonyl (C=S) groups is 2. The van der Waals surface area contributed by atoms with Gasteiger partial charge in [0, 0.05) is 11.8 Å². The maximum atomic E-state index is 13.5. The maximum Gasteiger partial charge on any atom is 0.189 e. The molecule has 0 aliphatic rings. The zero-order valence-electron chi connectivity index (χ0n) is 12.2. The van der Waals surface area contributed by atoms with Crippen LogP contribution in [0.3, 0.4) is 0 Å². The molecule has 4 N–H and O–H groups in total. The van der Waals surface area contributed by atoms with Crippen molar-refractivity contribution < 1.29 is 9.13 Å². The summed E-state index contributed by atoms with van der Waals surface area (Å²) in [7, 11) is 1.59. The number of halogens is 1. The number of methoxy groups -OCH3 is 1. The molecule has 0 saturated heterocycles. The molecule has 0 atom stereocenters. The number of benzene rings is 2. The van der Waals surface area contributed by atoms with Crippen LogP contribution in [0.25, 0.3) is 0 Å². The van der Waals surface area contributed by atoms with Crippen molar-refractivity contribution >= 4 is 46.0 Å². The molecule has 0 amide bonds. The lowest BCUT2D eigenvalue weighted by Crippen LogP contribution is -2.45. The van der Waals surface area contributed by atoms with Gasteiger partial charge in [0.25, 0.3) is 0 Å². The van der Waals surface area contributed by atoms with Gasteiger partial charge in [-0.05, 0) is 48.7 Å². The van der Waals surface area contributed by atoms with Gasteiger partial charge < -0.3 is 15.4 Å². The number of ether oxygens (including phenoxy) is 1. The van der Waals surface area contributed by atoms with E-state index in [4.69, 9.17) is 29.2 Å². The molecule has 0 bridgehead atoms. The molecule has 0 aliphatic carbocycles. The van der Waals surface area contributed by atoms with E-state index in [-0.39, 0.29) is 10.8 Å². The molecule has 0 radical (unpaired) electrons. The minimum Gasteiger partial charge on any atom is -0.497 e. The summed E-state index contributed by atoms with van der Waals surface area (Å²) in [6.07, 6.45) is 0. The topological polar surface area (TPSA) is 57.4 Å². The van der Waals surface area contributed by atoms with Gasteiger partial charge in [0.2, 0.25) is 0 Å². The third kappa shape index (κ3) is 5.35. The van der Waals surface area contributed by atoms with Crippen LogP contribution in [-0.2, 0) is 0 Å². The second-order valence-electron chi connectivity index (χ2n) is 4.37. The Bertz CT molecular complexity index is 711. The van der Waals surface area contributed by atoms with E-state index >= 15 is 0 Å². The van der Waals surface area contributed by atoms with E-state index in [9.17, 15) is 4.39 Å². The van der Waals surface area contributed by atoms with Crippen LogP contribution in [0.5, 0.6) is 5.75 Å². The summed E-state index contributed by atoms with van der Waals surface area (Å²) < 4.78 is 18.6. The molecular weight excluding hydrogens is 335 g/mol. The second-order valence-corrected chi connectivity index (χ2v) is 5.19. The molecular formula is C15H15FN4OS2. The predicted octanol–water partition coefficient (Wildman–Crippen LogP) is 3.02. The van der Waals surface area contributed by atoms with Gasteiger partial charge in [-0.3, -0.25) is 10.9 Å². The van der Waals surface area contributed by atoms with E-state index in [0.29, 0.717) is 10.9 Å². The zero-order valence-corrected chi connectivity index (χ0v) is 13.9. The summed E-state index contributed by atoms with van der Waals surface area (Å²) in [6, 6.07) is 13.5. The molecule has 0 unspecified atom stereocenters. The highest BCUT2D eigenvalue weighted by atomic mass is 32.1. The molecule has 0 heterocycles. The van der Waals surface area contributed by atoms with Gasteiger partial charge in [0.1, 0.15) is 11.6 Å². The first kappa shape index (κ1) is 16.9. The molecule has 2 aromatic rings. The van der Waals surface area contributed by atoms with Gasteiger partial charge in [-0.15, -0.1) is 0 Å². The molecule has 8 heteroatoms. The Morgan fingerprint density at radius 2 is 1.65 bits per heavy atom. The van der Waals surface area contributed by atoms with Gasteiger partial charge in [0.15, 0.2) is 10.2 Å². The summed E-state index contributed by atoms with van der Waals surface area (Å²) in [5, 5.41) is 6.17. The fraction of sp³-hybridized carbons (Fsp3) is 0.0667. The van der Waals surface area contributed by atoms with Gasteiger partial charge in [-0.1, -0.05) is 18.2 Å². The highest BCUT2D eigenvalue weighted by molar-refractivity contribution is 7.81. The molecule has 5 nitrogen and oxygen atoms in total. The Morgan fingerprint density at radius 1 is 0.957 bits per heavy atom. The molecule has 0 fully saturated rings. The van der Waals surface area contributed by atoms with Crippen molar-refractivity contribution in [1.29, 1.82) is 0 Å². The van der Waals surface area contributed by atoms with E-state index in [2.05, 4.69) is 21.5 Å². The van der Waals surface area contributed by atoms with Crippen molar-refractivity contribution in [2.45, 2.75) is 0 Å². The van der Waals surface area contributed by atoms with Crippen molar-refractivity contribution in [2.75, 3.05) is 17.7 Å². The second kappa shape index (κ2) is 8.25. The summed E-state index contributed by atoms with van der Waals surface area (Å²) >= 11 is 10.2. The number of hydrogen-bond acceptors (Lipinski definition) is 3. The lowest BCUT2D eigenvalue weighted by atomic mass is 10.3. The number of para-hydroxylation sites is 1. The van der Waals surface area contributed by atoms with E-state index in [1.165, 1.54) is 6.07 Å². The van der Waals surface area contributed by atoms with Crippen molar-refractivity contribution in [3.05, 3.63) is 54.3 Å². The van der Waals surface area contributed by atoms with Gasteiger partial charge in [0.05, 0.1) is 12.8 Å². The van der Waals surface area contributed by atoms with Crippen LogP contribution >= 0.6 is 24.4 Å². The number of rotatable bonds is 3.